The highest BCUT2D eigenvalue weighted by Crippen LogP contribution is 2.29. The van der Waals surface area contributed by atoms with Gasteiger partial charge in [-0.25, -0.2) is 9.18 Å². The Morgan fingerprint density at radius 3 is 2.35 bits per heavy atom. The Balaban J connectivity index is 1.51. The summed E-state index contributed by atoms with van der Waals surface area (Å²) in [5.74, 6) is 0.391. The molecule has 3 aromatic carbocycles. The van der Waals surface area contributed by atoms with Gasteiger partial charge in [0.1, 0.15) is 11.6 Å². The van der Waals surface area contributed by atoms with Gasteiger partial charge >= 0.3 is 5.97 Å². The Labute approximate surface area is 223 Å². The maximum atomic E-state index is 13.3. The van der Waals surface area contributed by atoms with Crippen molar-refractivity contribution in [2.24, 2.45) is 4.99 Å². The standard InChI is InChI=1S/C30H33ClFNO4/c1-3-4-5-6-7-8-9-18-36-25-14-11-23(12-15-25)30(34)37-28-17-10-22(19-29(28)35-2)21-33-24-13-16-27(32)26(31)20-24/h10-17,19-21H,3-9,18H2,1-2H3. The smallest absolute Gasteiger partial charge is 0.343 e. The molecule has 0 bridgehead atoms. The second-order valence-electron chi connectivity index (χ2n) is 8.65. The second-order valence-corrected chi connectivity index (χ2v) is 9.06. The number of hydrogen-bond donors (Lipinski definition) is 0. The molecule has 0 atom stereocenters. The van der Waals surface area contributed by atoms with Crippen molar-refractivity contribution >= 4 is 29.5 Å². The molecule has 37 heavy (non-hydrogen) atoms. The van der Waals surface area contributed by atoms with Crippen LogP contribution < -0.4 is 14.2 Å². The van der Waals surface area contributed by atoms with Gasteiger partial charge in [0.05, 0.1) is 30.0 Å². The molecule has 5 nitrogen and oxygen atoms in total. The van der Waals surface area contributed by atoms with Crippen molar-refractivity contribution in [3.8, 4) is 17.2 Å². The maximum absolute atomic E-state index is 13.3. The lowest BCUT2D eigenvalue weighted by Gasteiger charge is -2.11. The minimum Gasteiger partial charge on any atom is -0.494 e. The Kier molecular flexibility index (Phi) is 11.4. The molecule has 0 aliphatic rings. The molecule has 0 spiro atoms. The van der Waals surface area contributed by atoms with Gasteiger partial charge in [-0.1, -0.05) is 57.0 Å². The van der Waals surface area contributed by atoms with Gasteiger partial charge in [-0.2, -0.15) is 0 Å². The zero-order valence-corrected chi connectivity index (χ0v) is 22.1. The van der Waals surface area contributed by atoms with Crippen LogP contribution in [0.25, 0.3) is 0 Å². The van der Waals surface area contributed by atoms with Crippen molar-refractivity contribution < 1.29 is 23.4 Å². The Bertz CT molecular complexity index is 1180. The molecule has 0 saturated heterocycles. The monoisotopic (exact) mass is 525 g/mol. The average Bonchev–Trinajstić information content (AvgIpc) is 2.91. The van der Waals surface area contributed by atoms with Gasteiger partial charge in [0.25, 0.3) is 0 Å². The van der Waals surface area contributed by atoms with Crippen molar-refractivity contribution in [1.82, 2.24) is 0 Å². The van der Waals surface area contributed by atoms with Gasteiger partial charge in [-0.15, -0.1) is 0 Å². The normalized spacial score (nSPS) is 11.0. The van der Waals surface area contributed by atoms with E-state index in [1.54, 1.807) is 48.7 Å². The van der Waals surface area contributed by atoms with Crippen LogP contribution >= 0.6 is 11.6 Å². The number of ether oxygens (including phenoxy) is 3. The quantitative estimate of drug-likeness (QED) is 0.0914. The van der Waals surface area contributed by atoms with Gasteiger partial charge in [-0.3, -0.25) is 4.99 Å². The first-order chi connectivity index (χ1) is 18.0. The van der Waals surface area contributed by atoms with E-state index in [-0.39, 0.29) is 10.8 Å². The minimum atomic E-state index is -0.501. The van der Waals surface area contributed by atoms with Crippen molar-refractivity contribution in [1.29, 1.82) is 0 Å². The lowest BCUT2D eigenvalue weighted by Crippen LogP contribution is -2.09. The predicted molar refractivity (Wildman–Crippen MR) is 147 cm³/mol. The van der Waals surface area contributed by atoms with Crippen LogP contribution in [0, 0.1) is 5.82 Å². The van der Waals surface area contributed by atoms with Crippen molar-refractivity contribution in [2.45, 2.75) is 51.9 Å². The largest absolute Gasteiger partial charge is 0.494 e. The SMILES string of the molecule is CCCCCCCCCOc1ccc(C(=O)Oc2ccc(C=Nc3ccc(F)c(Cl)c3)cc2OC)cc1. The highest BCUT2D eigenvalue weighted by Gasteiger charge is 2.13. The lowest BCUT2D eigenvalue weighted by atomic mass is 10.1. The molecular formula is C30H33ClFNO4. The van der Waals surface area contributed by atoms with Crippen LogP contribution in [0.2, 0.25) is 5.02 Å². The van der Waals surface area contributed by atoms with Crippen molar-refractivity contribution in [2.75, 3.05) is 13.7 Å². The van der Waals surface area contributed by atoms with E-state index in [2.05, 4.69) is 11.9 Å². The summed E-state index contributed by atoms with van der Waals surface area (Å²) in [6.07, 6.45) is 10.2. The fraction of sp³-hybridized carbons (Fsp3) is 0.333. The summed E-state index contributed by atoms with van der Waals surface area (Å²) in [5, 5.41) is 0.00209. The number of benzene rings is 3. The number of carbonyl (C=O) groups is 1. The van der Waals surface area contributed by atoms with E-state index in [1.807, 2.05) is 0 Å². The van der Waals surface area contributed by atoms with Gasteiger partial charge in [0.15, 0.2) is 11.5 Å². The topological polar surface area (TPSA) is 57.1 Å². The first-order valence-electron chi connectivity index (χ1n) is 12.6. The van der Waals surface area contributed by atoms with Gasteiger partial charge in [0.2, 0.25) is 0 Å². The number of aliphatic imine (C=N–C) groups is 1. The van der Waals surface area contributed by atoms with E-state index in [4.69, 9.17) is 25.8 Å². The van der Waals surface area contributed by atoms with Crippen molar-refractivity contribution in [3.05, 3.63) is 82.6 Å². The number of rotatable bonds is 14. The average molecular weight is 526 g/mol. The highest BCUT2D eigenvalue weighted by atomic mass is 35.5. The summed E-state index contributed by atoms with van der Waals surface area (Å²) in [7, 11) is 1.49. The van der Waals surface area contributed by atoms with E-state index in [0.717, 1.165) is 12.2 Å². The van der Waals surface area contributed by atoms with Crippen LogP contribution in [0.1, 0.15) is 67.8 Å². The molecular weight excluding hydrogens is 493 g/mol. The molecule has 0 unspecified atom stereocenters. The third kappa shape index (κ3) is 9.21. The fourth-order valence-electron chi connectivity index (χ4n) is 3.66. The Morgan fingerprint density at radius 1 is 0.919 bits per heavy atom. The zero-order valence-electron chi connectivity index (χ0n) is 21.3. The van der Waals surface area contributed by atoms with E-state index >= 15 is 0 Å². The van der Waals surface area contributed by atoms with Crippen LogP contribution in [0.4, 0.5) is 10.1 Å². The number of nitrogens with zero attached hydrogens (tertiary/aromatic N) is 1. The fourth-order valence-corrected chi connectivity index (χ4v) is 3.83. The molecule has 7 heteroatoms. The van der Waals surface area contributed by atoms with Crippen LogP contribution in [-0.2, 0) is 0 Å². The number of hydrogen-bond acceptors (Lipinski definition) is 5. The predicted octanol–water partition coefficient (Wildman–Crippen LogP) is 8.59. The van der Waals surface area contributed by atoms with Crippen LogP contribution in [0.5, 0.6) is 17.2 Å². The summed E-state index contributed by atoms with van der Waals surface area (Å²) in [4.78, 5) is 17.0. The lowest BCUT2D eigenvalue weighted by molar-refractivity contribution is 0.0729. The van der Waals surface area contributed by atoms with E-state index in [1.165, 1.54) is 63.8 Å². The van der Waals surface area contributed by atoms with Gasteiger partial charge < -0.3 is 14.2 Å². The molecule has 0 aliphatic heterocycles. The summed E-state index contributed by atoms with van der Waals surface area (Å²) in [6.45, 7) is 2.89. The molecule has 0 aliphatic carbocycles. The number of methoxy groups -OCH3 is 1. The van der Waals surface area contributed by atoms with Crippen LogP contribution in [0.3, 0.4) is 0 Å². The molecule has 0 heterocycles. The summed E-state index contributed by atoms with van der Waals surface area (Å²) in [5.41, 5.74) is 1.62. The molecule has 0 saturated carbocycles. The number of unbranched alkanes of at least 4 members (excludes halogenated alkanes) is 6. The van der Waals surface area contributed by atoms with Gasteiger partial charge in [-0.05, 0) is 72.6 Å². The van der Waals surface area contributed by atoms with E-state index in [9.17, 15) is 9.18 Å². The molecule has 0 radical (unpaired) electrons. The number of esters is 1. The Hall–Kier alpha value is -3.38. The Morgan fingerprint density at radius 2 is 1.65 bits per heavy atom. The first kappa shape index (κ1) is 28.2. The van der Waals surface area contributed by atoms with Gasteiger partial charge in [0, 0.05) is 6.21 Å². The summed E-state index contributed by atoms with van der Waals surface area (Å²) >= 11 is 5.80. The zero-order chi connectivity index (χ0) is 26.5. The molecule has 196 valence electrons. The molecule has 3 aromatic rings. The molecule has 0 fully saturated rings. The highest BCUT2D eigenvalue weighted by molar-refractivity contribution is 6.31. The summed E-state index contributed by atoms with van der Waals surface area (Å²) in [6, 6.07) is 16.2. The number of carbonyl (C=O) groups excluding carboxylic acids is 1. The van der Waals surface area contributed by atoms with E-state index in [0.29, 0.717) is 29.2 Å². The molecule has 0 aromatic heterocycles. The number of halogens is 2. The third-order valence-electron chi connectivity index (χ3n) is 5.76. The summed E-state index contributed by atoms with van der Waals surface area (Å²) < 4.78 is 30.1. The second kappa shape index (κ2) is 15.0. The molecule has 3 rings (SSSR count). The van der Waals surface area contributed by atoms with Crippen LogP contribution in [0.15, 0.2) is 65.7 Å². The minimum absolute atomic E-state index is 0.00209. The third-order valence-corrected chi connectivity index (χ3v) is 6.05. The molecule has 0 amide bonds. The molecule has 0 N–H and O–H groups in total. The first-order valence-corrected chi connectivity index (χ1v) is 13.0. The van der Waals surface area contributed by atoms with Crippen LogP contribution in [-0.4, -0.2) is 25.9 Å². The maximum Gasteiger partial charge on any atom is 0.343 e. The van der Waals surface area contributed by atoms with E-state index < -0.39 is 11.8 Å². The van der Waals surface area contributed by atoms with Crippen molar-refractivity contribution in [3.63, 3.8) is 0 Å².